The van der Waals surface area contributed by atoms with Crippen LogP contribution in [0, 0.1) is 11.2 Å². The molecule has 90 valence electrons. The molecule has 2 nitrogen and oxygen atoms in total. The molecule has 0 bridgehead atoms. The van der Waals surface area contributed by atoms with Gasteiger partial charge < -0.3 is 10.4 Å². The van der Waals surface area contributed by atoms with Gasteiger partial charge in [0.1, 0.15) is 5.82 Å². The number of benzene rings is 1. The molecule has 1 unspecified atom stereocenters. The topological polar surface area (TPSA) is 32.3 Å². The van der Waals surface area contributed by atoms with Crippen molar-refractivity contribution in [3.8, 4) is 0 Å². The van der Waals surface area contributed by atoms with Gasteiger partial charge in [-0.25, -0.2) is 4.39 Å². The molecule has 1 aromatic rings. The molecule has 0 heterocycles. The van der Waals surface area contributed by atoms with Gasteiger partial charge in [0.25, 0.3) is 0 Å². The Bertz CT molecular complexity index is 368. The summed E-state index contributed by atoms with van der Waals surface area (Å²) in [6.45, 7) is 4.32. The molecular weight excluding hydrogens is 229 g/mol. The Morgan fingerprint density at radius 1 is 1.50 bits per heavy atom. The lowest BCUT2D eigenvalue weighted by Gasteiger charge is -2.30. The fourth-order valence-corrected chi connectivity index (χ4v) is 1.88. The van der Waals surface area contributed by atoms with Crippen molar-refractivity contribution in [2.24, 2.45) is 5.41 Å². The van der Waals surface area contributed by atoms with Crippen LogP contribution in [-0.2, 0) is 0 Å². The molecule has 0 radical (unpaired) electrons. The van der Waals surface area contributed by atoms with Crippen LogP contribution in [0.25, 0.3) is 0 Å². The van der Waals surface area contributed by atoms with E-state index in [2.05, 4.69) is 5.32 Å². The summed E-state index contributed by atoms with van der Waals surface area (Å²) in [4.78, 5) is 0. The SMILES string of the molecule is CNCC(C)(C)C(O)c1cc(Cl)ccc1F. The summed E-state index contributed by atoms with van der Waals surface area (Å²) in [6, 6.07) is 4.22. The third-order valence-electron chi connectivity index (χ3n) is 2.63. The minimum atomic E-state index is -0.890. The van der Waals surface area contributed by atoms with Crippen molar-refractivity contribution in [2.45, 2.75) is 20.0 Å². The van der Waals surface area contributed by atoms with Gasteiger partial charge in [-0.3, -0.25) is 0 Å². The van der Waals surface area contributed by atoms with Crippen LogP contribution >= 0.6 is 11.6 Å². The molecule has 1 rings (SSSR count). The molecule has 0 fully saturated rings. The Morgan fingerprint density at radius 3 is 2.69 bits per heavy atom. The molecule has 0 aromatic heterocycles. The van der Waals surface area contributed by atoms with E-state index in [-0.39, 0.29) is 5.56 Å². The molecule has 0 saturated heterocycles. The van der Waals surface area contributed by atoms with Gasteiger partial charge in [0.15, 0.2) is 0 Å². The average molecular weight is 246 g/mol. The maximum atomic E-state index is 13.6. The number of hydrogen-bond donors (Lipinski definition) is 2. The Kier molecular flexibility index (Phi) is 4.30. The maximum Gasteiger partial charge on any atom is 0.129 e. The lowest BCUT2D eigenvalue weighted by atomic mass is 9.82. The van der Waals surface area contributed by atoms with Crippen molar-refractivity contribution in [1.29, 1.82) is 0 Å². The molecular formula is C12H17ClFNO. The van der Waals surface area contributed by atoms with Gasteiger partial charge in [-0.1, -0.05) is 25.4 Å². The molecule has 0 saturated carbocycles. The van der Waals surface area contributed by atoms with Gasteiger partial charge in [-0.05, 0) is 25.2 Å². The molecule has 4 heteroatoms. The first kappa shape index (κ1) is 13.4. The van der Waals surface area contributed by atoms with E-state index in [1.165, 1.54) is 18.2 Å². The zero-order chi connectivity index (χ0) is 12.3. The van der Waals surface area contributed by atoms with E-state index < -0.39 is 17.3 Å². The first-order chi connectivity index (χ1) is 7.38. The molecule has 16 heavy (non-hydrogen) atoms. The number of aliphatic hydroxyl groups excluding tert-OH is 1. The molecule has 0 amide bonds. The summed E-state index contributed by atoms with van der Waals surface area (Å²) in [5.74, 6) is -0.430. The Morgan fingerprint density at radius 2 is 2.12 bits per heavy atom. The quantitative estimate of drug-likeness (QED) is 0.855. The van der Waals surface area contributed by atoms with Gasteiger partial charge >= 0.3 is 0 Å². The van der Waals surface area contributed by atoms with Crippen molar-refractivity contribution in [1.82, 2.24) is 5.32 Å². The van der Waals surface area contributed by atoms with E-state index in [4.69, 9.17) is 11.6 Å². The van der Waals surface area contributed by atoms with Gasteiger partial charge in [-0.2, -0.15) is 0 Å². The zero-order valence-electron chi connectivity index (χ0n) is 9.72. The third kappa shape index (κ3) is 2.94. The maximum absolute atomic E-state index is 13.6. The molecule has 0 aliphatic heterocycles. The average Bonchev–Trinajstić information content (AvgIpc) is 2.20. The van der Waals surface area contributed by atoms with E-state index in [1.807, 2.05) is 13.8 Å². The summed E-state index contributed by atoms with van der Waals surface area (Å²) in [7, 11) is 1.79. The van der Waals surface area contributed by atoms with Crippen LogP contribution in [0.2, 0.25) is 5.02 Å². The second kappa shape index (κ2) is 5.13. The fraction of sp³-hybridized carbons (Fsp3) is 0.500. The Labute approximate surface area is 100 Å². The van der Waals surface area contributed by atoms with Gasteiger partial charge in [0, 0.05) is 22.5 Å². The summed E-state index contributed by atoms with van der Waals surface area (Å²) < 4.78 is 13.6. The highest BCUT2D eigenvalue weighted by Crippen LogP contribution is 2.34. The number of halogens is 2. The van der Waals surface area contributed by atoms with Crippen molar-refractivity contribution in [3.05, 3.63) is 34.6 Å². The first-order valence-electron chi connectivity index (χ1n) is 5.16. The highest BCUT2D eigenvalue weighted by molar-refractivity contribution is 6.30. The van der Waals surface area contributed by atoms with Crippen LogP contribution < -0.4 is 5.32 Å². The van der Waals surface area contributed by atoms with Gasteiger partial charge in [0.05, 0.1) is 6.10 Å². The van der Waals surface area contributed by atoms with Crippen LogP contribution in [0.4, 0.5) is 4.39 Å². The highest BCUT2D eigenvalue weighted by Gasteiger charge is 2.30. The van der Waals surface area contributed by atoms with E-state index >= 15 is 0 Å². The molecule has 0 aliphatic carbocycles. The largest absolute Gasteiger partial charge is 0.388 e. The lowest BCUT2D eigenvalue weighted by Crippen LogP contribution is -2.33. The third-order valence-corrected chi connectivity index (χ3v) is 2.86. The van der Waals surface area contributed by atoms with Crippen LogP contribution in [0.5, 0.6) is 0 Å². The van der Waals surface area contributed by atoms with Crippen LogP contribution in [-0.4, -0.2) is 18.7 Å². The minimum absolute atomic E-state index is 0.243. The summed E-state index contributed by atoms with van der Waals surface area (Å²) in [5, 5.41) is 13.5. The number of hydrogen-bond acceptors (Lipinski definition) is 2. The second-order valence-electron chi connectivity index (χ2n) is 4.59. The lowest BCUT2D eigenvalue weighted by molar-refractivity contribution is 0.0476. The molecule has 1 aromatic carbocycles. The van der Waals surface area contributed by atoms with E-state index in [0.29, 0.717) is 11.6 Å². The Balaban J connectivity index is 3.03. The molecule has 1 atom stereocenters. The predicted octanol–water partition coefficient (Wildman–Crippen LogP) is 2.76. The number of nitrogens with one attached hydrogen (secondary N) is 1. The normalized spacial score (nSPS) is 13.9. The zero-order valence-corrected chi connectivity index (χ0v) is 10.5. The van der Waals surface area contributed by atoms with Gasteiger partial charge in [0.2, 0.25) is 0 Å². The van der Waals surface area contributed by atoms with Gasteiger partial charge in [-0.15, -0.1) is 0 Å². The van der Waals surface area contributed by atoms with Crippen molar-refractivity contribution in [2.75, 3.05) is 13.6 Å². The van der Waals surface area contributed by atoms with E-state index in [1.54, 1.807) is 7.05 Å². The molecule has 0 spiro atoms. The standard InChI is InChI=1S/C12H17ClFNO/c1-12(2,7-15-3)11(16)9-6-8(13)4-5-10(9)14/h4-6,11,15-16H,7H2,1-3H3. The first-order valence-corrected chi connectivity index (χ1v) is 5.54. The van der Waals surface area contributed by atoms with E-state index in [9.17, 15) is 9.50 Å². The van der Waals surface area contributed by atoms with Crippen LogP contribution in [0.3, 0.4) is 0 Å². The smallest absolute Gasteiger partial charge is 0.129 e. The van der Waals surface area contributed by atoms with Crippen LogP contribution in [0.1, 0.15) is 25.5 Å². The minimum Gasteiger partial charge on any atom is -0.388 e. The predicted molar refractivity (Wildman–Crippen MR) is 64.1 cm³/mol. The highest BCUT2D eigenvalue weighted by atomic mass is 35.5. The van der Waals surface area contributed by atoms with Crippen molar-refractivity contribution < 1.29 is 9.50 Å². The van der Waals surface area contributed by atoms with Crippen molar-refractivity contribution >= 4 is 11.6 Å². The van der Waals surface area contributed by atoms with E-state index in [0.717, 1.165) is 0 Å². The summed E-state index contributed by atoms with van der Waals surface area (Å²) in [6.07, 6.45) is -0.890. The molecule has 0 aliphatic rings. The Hall–Kier alpha value is -0.640. The summed E-state index contributed by atoms with van der Waals surface area (Å²) in [5.41, 5.74) is -0.215. The fourth-order valence-electron chi connectivity index (χ4n) is 1.70. The summed E-state index contributed by atoms with van der Waals surface area (Å²) >= 11 is 5.79. The van der Waals surface area contributed by atoms with Crippen molar-refractivity contribution in [3.63, 3.8) is 0 Å². The second-order valence-corrected chi connectivity index (χ2v) is 5.02. The van der Waals surface area contributed by atoms with Crippen LogP contribution in [0.15, 0.2) is 18.2 Å². The number of rotatable bonds is 4. The number of aliphatic hydroxyl groups is 1. The molecule has 2 N–H and O–H groups in total. The monoisotopic (exact) mass is 245 g/mol.